The fraction of sp³-hybridized carbons (Fsp3) is 0.409. The molecule has 2 aromatic rings. The molecule has 2 aliphatic heterocycles. The molecule has 5 heteroatoms. The fourth-order valence-electron chi connectivity index (χ4n) is 4.15. The third-order valence-electron chi connectivity index (χ3n) is 5.83. The fourth-order valence-corrected chi connectivity index (χ4v) is 4.15. The maximum Gasteiger partial charge on any atom is 0.253 e. The number of hydrogen-bond acceptors (Lipinski definition) is 4. The molecule has 0 saturated carbocycles. The van der Waals surface area contributed by atoms with Gasteiger partial charge in [-0.2, -0.15) is 0 Å². The number of rotatable bonds is 2. The van der Waals surface area contributed by atoms with Crippen LogP contribution in [0.4, 0.5) is 0 Å². The number of piperidine rings is 1. The van der Waals surface area contributed by atoms with Crippen molar-refractivity contribution >= 4 is 5.91 Å². The molecule has 0 aromatic heterocycles. The smallest absolute Gasteiger partial charge is 0.253 e. The molecule has 142 valence electrons. The number of carbonyl (C=O) groups is 1. The number of ether oxygens (including phenoxy) is 1. The zero-order valence-corrected chi connectivity index (χ0v) is 15.3. The summed E-state index contributed by atoms with van der Waals surface area (Å²) in [6, 6.07) is 14.5. The maximum absolute atomic E-state index is 13.0. The summed E-state index contributed by atoms with van der Waals surface area (Å²) >= 11 is 0. The average molecular weight is 367 g/mol. The van der Waals surface area contributed by atoms with Crippen molar-refractivity contribution < 1.29 is 19.7 Å². The van der Waals surface area contributed by atoms with Crippen LogP contribution in [0, 0.1) is 0 Å². The second kappa shape index (κ2) is 7.33. The van der Waals surface area contributed by atoms with E-state index in [-0.39, 0.29) is 11.7 Å². The van der Waals surface area contributed by atoms with Gasteiger partial charge in [-0.05, 0) is 61.1 Å². The molecule has 0 unspecified atom stereocenters. The van der Waals surface area contributed by atoms with E-state index in [1.54, 1.807) is 12.1 Å². The molecule has 2 heterocycles. The molecule has 1 amide bonds. The van der Waals surface area contributed by atoms with Gasteiger partial charge in [0, 0.05) is 25.3 Å². The Kier molecular flexibility index (Phi) is 4.89. The Hall–Kier alpha value is -2.37. The number of hydrogen-bond donors (Lipinski definition) is 2. The van der Waals surface area contributed by atoms with Crippen LogP contribution in [0.2, 0.25) is 0 Å². The lowest BCUT2D eigenvalue weighted by Gasteiger charge is -2.46. The Morgan fingerprint density at radius 3 is 2.52 bits per heavy atom. The number of benzene rings is 2. The van der Waals surface area contributed by atoms with Crippen molar-refractivity contribution in [3.63, 3.8) is 0 Å². The van der Waals surface area contributed by atoms with Gasteiger partial charge in [0.2, 0.25) is 0 Å². The summed E-state index contributed by atoms with van der Waals surface area (Å²) in [5.41, 5.74) is 2.09. The van der Waals surface area contributed by atoms with Crippen molar-refractivity contribution in [2.24, 2.45) is 0 Å². The summed E-state index contributed by atoms with van der Waals surface area (Å²) in [7, 11) is 0. The van der Waals surface area contributed by atoms with E-state index in [1.807, 2.05) is 41.3 Å². The first kappa shape index (κ1) is 18.0. The molecule has 0 aliphatic carbocycles. The van der Waals surface area contributed by atoms with Crippen molar-refractivity contribution in [1.82, 2.24) is 4.90 Å². The van der Waals surface area contributed by atoms with E-state index in [2.05, 4.69) is 0 Å². The van der Waals surface area contributed by atoms with E-state index >= 15 is 0 Å². The monoisotopic (exact) mass is 367 g/mol. The minimum absolute atomic E-state index is 0.00998. The molecule has 1 spiro atoms. The molecule has 4 rings (SSSR count). The van der Waals surface area contributed by atoms with E-state index in [0.29, 0.717) is 38.1 Å². The molecule has 5 nitrogen and oxygen atoms in total. The molecule has 27 heavy (non-hydrogen) atoms. The summed E-state index contributed by atoms with van der Waals surface area (Å²) in [5.74, 6) is 0.233. The van der Waals surface area contributed by atoms with Gasteiger partial charge in [-0.25, -0.2) is 0 Å². The summed E-state index contributed by atoms with van der Waals surface area (Å²) in [6.07, 6.45) is 2.61. The van der Waals surface area contributed by atoms with Crippen LogP contribution in [0.1, 0.15) is 36.0 Å². The maximum atomic E-state index is 13.0. The SMILES string of the molecule is O=C(c1cccc(-c2ccc(O)cc2)c1)N1CCC2(CC1)OCCC[C@H]2O. The van der Waals surface area contributed by atoms with Gasteiger partial charge >= 0.3 is 0 Å². The number of nitrogens with zero attached hydrogens (tertiary/aromatic N) is 1. The number of aliphatic hydroxyl groups is 1. The number of carbonyl (C=O) groups excluding carboxylic acids is 1. The van der Waals surface area contributed by atoms with Gasteiger partial charge in [0.1, 0.15) is 5.75 Å². The van der Waals surface area contributed by atoms with Gasteiger partial charge in [0.15, 0.2) is 0 Å². The quantitative estimate of drug-likeness (QED) is 0.855. The highest BCUT2D eigenvalue weighted by molar-refractivity contribution is 5.95. The summed E-state index contributed by atoms with van der Waals surface area (Å²) < 4.78 is 5.93. The lowest BCUT2D eigenvalue weighted by molar-refractivity contribution is -0.174. The van der Waals surface area contributed by atoms with Crippen molar-refractivity contribution in [2.45, 2.75) is 37.4 Å². The van der Waals surface area contributed by atoms with E-state index in [4.69, 9.17) is 4.74 Å². The highest BCUT2D eigenvalue weighted by Crippen LogP contribution is 2.35. The van der Waals surface area contributed by atoms with Crippen LogP contribution in [0.3, 0.4) is 0 Å². The molecular formula is C22H25NO4. The van der Waals surface area contributed by atoms with Crippen LogP contribution < -0.4 is 0 Å². The molecule has 2 saturated heterocycles. The number of aromatic hydroxyl groups is 1. The molecule has 2 aliphatic rings. The van der Waals surface area contributed by atoms with Crippen LogP contribution in [0.15, 0.2) is 48.5 Å². The number of phenols is 1. The largest absolute Gasteiger partial charge is 0.508 e. The number of phenolic OH excluding ortho intramolecular Hbond substituents is 1. The molecule has 0 bridgehead atoms. The molecule has 0 radical (unpaired) electrons. The summed E-state index contributed by atoms with van der Waals surface area (Å²) in [5, 5.41) is 19.8. The lowest BCUT2D eigenvalue weighted by atomic mass is 9.82. The van der Waals surface area contributed by atoms with Gasteiger partial charge in [0.05, 0.1) is 11.7 Å². The topological polar surface area (TPSA) is 70.0 Å². The van der Waals surface area contributed by atoms with Crippen molar-refractivity contribution in [2.75, 3.05) is 19.7 Å². The van der Waals surface area contributed by atoms with E-state index in [0.717, 1.165) is 24.0 Å². The van der Waals surface area contributed by atoms with Crippen molar-refractivity contribution in [1.29, 1.82) is 0 Å². The van der Waals surface area contributed by atoms with Crippen LogP contribution in [0.5, 0.6) is 5.75 Å². The lowest BCUT2D eigenvalue weighted by Crippen LogP contribution is -2.56. The van der Waals surface area contributed by atoms with E-state index in [1.165, 1.54) is 0 Å². The zero-order chi connectivity index (χ0) is 18.9. The highest BCUT2D eigenvalue weighted by atomic mass is 16.5. The van der Waals surface area contributed by atoms with Crippen LogP contribution in [-0.4, -0.2) is 52.4 Å². The number of amides is 1. The average Bonchev–Trinajstić information content (AvgIpc) is 2.71. The molecule has 2 fully saturated rings. The van der Waals surface area contributed by atoms with Gasteiger partial charge in [0.25, 0.3) is 5.91 Å². The first-order valence-electron chi connectivity index (χ1n) is 9.58. The first-order chi connectivity index (χ1) is 13.1. The second-order valence-electron chi connectivity index (χ2n) is 7.49. The Morgan fingerprint density at radius 2 is 1.81 bits per heavy atom. The number of aliphatic hydroxyl groups excluding tert-OH is 1. The first-order valence-corrected chi connectivity index (χ1v) is 9.58. The standard InChI is InChI=1S/C22H25NO4/c24-19-8-6-16(7-9-19)17-3-1-4-18(15-17)21(26)23-12-10-22(11-13-23)20(25)5-2-14-27-22/h1,3-4,6-9,15,20,24-25H,2,5,10-14H2/t20-/m1/s1. The Bertz CT molecular complexity index is 809. The van der Waals surface area contributed by atoms with E-state index < -0.39 is 11.7 Å². The zero-order valence-electron chi connectivity index (χ0n) is 15.3. The molecular weight excluding hydrogens is 342 g/mol. The number of likely N-dealkylation sites (tertiary alicyclic amines) is 1. The molecule has 2 N–H and O–H groups in total. The van der Waals surface area contributed by atoms with Gasteiger partial charge in [-0.3, -0.25) is 4.79 Å². The van der Waals surface area contributed by atoms with Crippen LogP contribution in [-0.2, 0) is 4.74 Å². The van der Waals surface area contributed by atoms with Crippen molar-refractivity contribution in [3.05, 3.63) is 54.1 Å². The minimum atomic E-state index is -0.469. The normalized spacial score (nSPS) is 22.0. The summed E-state index contributed by atoms with van der Waals surface area (Å²) in [6.45, 7) is 1.89. The predicted molar refractivity (Wildman–Crippen MR) is 103 cm³/mol. The molecule has 1 atom stereocenters. The third-order valence-corrected chi connectivity index (χ3v) is 5.83. The highest BCUT2D eigenvalue weighted by Gasteiger charge is 2.44. The van der Waals surface area contributed by atoms with Crippen LogP contribution >= 0.6 is 0 Å². The van der Waals surface area contributed by atoms with Crippen LogP contribution in [0.25, 0.3) is 11.1 Å². The van der Waals surface area contributed by atoms with Gasteiger partial charge in [-0.1, -0.05) is 24.3 Å². The second-order valence-corrected chi connectivity index (χ2v) is 7.49. The minimum Gasteiger partial charge on any atom is -0.508 e. The Balaban J connectivity index is 1.47. The summed E-state index contributed by atoms with van der Waals surface area (Å²) in [4.78, 5) is 14.8. The Morgan fingerprint density at radius 1 is 1.07 bits per heavy atom. The van der Waals surface area contributed by atoms with E-state index in [9.17, 15) is 15.0 Å². The van der Waals surface area contributed by atoms with Gasteiger partial charge < -0.3 is 19.8 Å². The van der Waals surface area contributed by atoms with Crippen molar-refractivity contribution in [3.8, 4) is 16.9 Å². The third kappa shape index (κ3) is 3.57. The Labute approximate surface area is 159 Å². The van der Waals surface area contributed by atoms with Gasteiger partial charge in [-0.15, -0.1) is 0 Å². The predicted octanol–water partition coefficient (Wildman–Crippen LogP) is 3.21. The molecule has 2 aromatic carbocycles.